The van der Waals surface area contributed by atoms with Crippen LogP contribution in [0.1, 0.15) is 40.0 Å². The van der Waals surface area contributed by atoms with Crippen molar-refractivity contribution in [1.82, 2.24) is 10.6 Å². The molecule has 2 aromatic rings. The van der Waals surface area contributed by atoms with Crippen LogP contribution in [-0.2, 0) is 0 Å². The van der Waals surface area contributed by atoms with Crippen LogP contribution in [0.5, 0.6) is 11.5 Å². The van der Waals surface area contributed by atoms with Gasteiger partial charge in [-0.15, -0.1) is 0 Å². The number of benzene rings is 2. The molecule has 5 N–H and O–H groups in total. The molecule has 2 aromatic carbocycles. The van der Waals surface area contributed by atoms with Gasteiger partial charge in [0.05, 0.1) is 12.6 Å². The fraction of sp³-hybridized carbons (Fsp3) is 0.300. The quantitative estimate of drug-likeness (QED) is 0.407. The Morgan fingerprint density at radius 3 is 1.97 bits per heavy atom. The van der Waals surface area contributed by atoms with Gasteiger partial charge in [0.15, 0.2) is 0 Å². The summed E-state index contributed by atoms with van der Waals surface area (Å²) in [4.78, 5) is 24.1. The average Bonchev–Trinajstić information content (AvgIpc) is 2.66. The summed E-state index contributed by atoms with van der Waals surface area (Å²) in [6.45, 7) is -0.205. The maximum atomic E-state index is 13.7. The van der Waals surface area contributed by atoms with E-state index in [4.69, 9.17) is 0 Å². The number of nitrogens with one attached hydrogen (secondary N) is 2. The van der Waals surface area contributed by atoms with E-state index in [-0.39, 0.29) is 6.54 Å². The molecule has 0 aliphatic heterocycles. The zero-order valence-corrected chi connectivity index (χ0v) is 15.5. The first-order chi connectivity index (χ1) is 13.8. The molecule has 7 nitrogen and oxygen atoms in total. The van der Waals surface area contributed by atoms with Crippen molar-refractivity contribution in [1.29, 1.82) is 0 Å². The highest BCUT2D eigenvalue weighted by Gasteiger charge is 2.20. The smallest absolute Gasteiger partial charge is 0.258 e. The summed E-state index contributed by atoms with van der Waals surface area (Å²) in [5.74, 6) is -4.26. The van der Waals surface area contributed by atoms with Crippen LogP contribution in [0.15, 0.2) is 36.4 Å². The number of aliphatic hydroxyl groups excluding tert-OH is 1. The minimum Gasteiger partial charge on any atom is -0.507 e. The molecule has 0 spiro atoms. The highest BCUT2D eigenvalue weighted by Crippen LogP contribution is 2.20. The third-order valence-electron chi connectivity index (χ3n) is 4.26. The first kappa shape index (κ1) is 22.1. The lowest BCUT2D eigenvalue weighted by Crippen LogP contribution is -2.38. The van der Waals surface area contributed by atoms with Crippen molar-refractivity contribution in [2.75, 3.05) is 13.2 Å². The first-order valence-corrected chi connectivity index (χ1v) is 9.00. The fourth-order valence-electron chi connectivity index (χ4n) is 2.75. The molecule has 9 heteroatoms. The minimum atomic E-state index is -0.877. The molecule has 1 atom stereocenters. The predicted octanol–water partition coefficient (Wildman–Crippen LogP) is 2.07. The van der Waals surface area contributed by atoms with E-state index in [2.05, 4.69) is 10.6 Å². The summed E-state index contributed by atoms with van der Waals surface area (Å²) >= 11 is 0. The number of hydrogen-bond donors (Lipinski definition) is 5. The van der Waals surface area contributed by atoms with Gasteiger partial charge < -0.3 is 26.0 Å². The molecule has 0 saturated carbocycles. The molecule has 0 bridgehead atoms. The highest BCUT2D eigenvalue weighted by molar-refractivity contribution is 5.97. The summed E-state index contributed by atoms with van der Waals surface area (Å²) in [6.07, 6.45) is 1.27. The van der Waals surface area contributed by atoms with Gasteiger partial charge in [-0.3, -0.25) is 9.59 Å². The molecule has 0 fully saturated rings. The zero-order valence-electron chi connectivity index (χ0n) is 15.5. The molecule has 29 heavy (non-hydrogen) atoms. The fourth-order valence-corrected chi connectivity index (χ4v) is 2.75. The maximum absolute atomic E-state index is 13.7. The van der Waals surface area contributed by atoms with Crippen molar-refractivity contribution >= 4 is 11.8 Å². The summed E-state index contributed by atoms with van der Waals surface area (Å²) in [6, 6.07) is 6.37. The Balaban J connectivity index is 1.79. The second-order valence-electron chi connectivity index (χ2n) is 6.37. The monoisotopic (exact) mass is 408 g/mol. The van der Waals surface area contributed by atoms with E-state index in [1.807, 2.05) is 0 Å². The molecule has 0 aliphatic carbocycles. The van der Waals surface area contributed by atoms with Crippen LogP contribution < -0.4 is 10.6 Å². The van der Waals surface area contributed by atoms with Gasteiger partial charge in [-0.25, -0.2) is 8.78 Å². The Hall–Kier alpha value is -3.20. The van der Waals surface area contributed by atoms with E-state index < -0.39 is 58.7 Å². The van der Waals surface area contributed by atoms with Gasteiger partial charge in [0.25, 0.3) is 11.8 Å². The number of phenols is 2. The van der Waals surface area contributed by atoms with Gasteiger partial charge in [-0.05, 0) is 43.5 Å². The van der Waals surface area contributed by atoms with Crippen molar-refractivity contribution in [3.8, 4) is 11.5 Å². The lowest BCUT2D eigenvalue weighted by atomic mass is 10.1. The zero-order chi connectivity index (χ0) is 21.4. The van der Waals surface area contributed by atoms with E-state index in [0.29, 0.717) is 19.3 Å². The largest absolute Gasteiger partial charge is 0.507 e. The lowest BCUT2D eigenvalue weighted by Gasteiger charge is -2.17. The number of halogens is 2. The highest BCUT2D eigenvalue weighted by atomic mass is 19.1. The average molecular weight is 408 g/mol. The first-order valence-electron chi connectivity index (χ1n) is 9.00. The van der Waals surface area contributed by atoms with Crippen molar-refractivity contribution in [2.45, 2.75) is 25.3 Å². The maximum Gasteiger partial charge on any atom is 0.258 e. The number of aliphatic hydroxyl groups is 1. The molecule has 156 valence electrons. The SMILES string of the molecule is O=C(NCCCCC(CO)NC(=O)c1c(O)cccc1F)c1c(O)cccc1F. The topological polar surface area (TPSA) is 119 Å². The van der Waals surface area contributed by atoms with E-state index in [1.54, 1.807) is 0 Å². The van der Waals surface area contributed by atoms with E-state index in [0.717, 1.165) is 12.1 Å². The van der Waals surface area contributed by atoms with Gasteiger partial charge in [0.1, 0.15) is 34.3 Å². The second-order valence-corrected chi connectivity index (χ2v) is 6.37. The van der Waals surface area contributed by atoms with Crippen LogP contribution in [0.25, 0.3) is 0 Å². The van der Waals surface area contributed by atoms with Crippen LogP contribution >= 0.6 is 0 Å². The van der Waals surface area contributed by atoms with Crippen molar-refractivity contribution in [3.63, 3.8) is 0 Å². The van der Waals surface area contributed by atoms with Gasteiger partial charge in [-0.1, -0.05) is 12.1 Å². The van der Waals surface area contributed by atoms with E-state index in [1.165, 1.54) is 24.3 Å². The predicted molar refractivity (Wildman–Crippen MR) is 101 cm³/mol. The van der Waals surface area contributed by atoms with Crippen molar-refractivity contribution in [2.24, 2.45) is 0 Å². The molecule has 0 radical (unpaired) electrons. The summed E-state index contributed by atoms with van der Waals surface area (Å²) in [5.41, 5.74) is -0.930. The number of rotatable bonds is 9. The molecule has 0 aliphatic rings. The molecule has 1 unspecified atom stereocenters. The number of aromatic hydroxyl groups is 2. The van der Waals surface area contributed by atoms with Crippen LogP contribution in [-0.4, -0.2) is 46.3 Å². The summed E-state index contributed by atoms with van der Waals surface area (Å²) < 4.78 is 27.3. The number of carbonyl (C=O) groups is 2. The van der Waals surface area contributed by atoms with E-state index >= 15 is 0 Å². The van der Waals surface area contributed by atoms with Gasteiger partial charge in [0, 0.05) is 6.54 Å². The molecule has 2 rings (SSSR count). The summed E-state index contributed by atoms with van der Waals surface area (Å²) in [5, 5.41) is 33.5. The third kappa shape index (κ3) is 5.89. The Morgan fingerprint density at radius 1 is 0.897 bits per heavy atom. The van der Waals surface area contributed by atoms with Crippen LogP contribution in [0.4, 0.5) is 8.78 Å². The number of amides is 2. The van der Waals surface area contributed by atoms with Crippen molar-refractivity contribution < 1.29 is 33.7 Å². The number of unbranched alkanes of at least 4 members (excludes halogenated alkanes) is 1. The Labute approximate surface area is 166 Å². The molecule has 0 aromatic heterocycles. The Bertz CT molecular complexity index is 835. The molecule has 0 heterocycles. The van der Waals surface area contributed by atoms with Gasteiger partial charge >= 0.3 is 0 Å². The van der Waals surface area contributed by atoms with Gasteiger partial charge in [-0.2, -0.15) is 0 Å². The van der Waals surface area contributed by atoms with Crippen LogP contribution in [0.3, 0.4) is 0 Å². The van der Waals surface area contributed by atoms with Crippen LogP contribution in [0.2, 0.25) is 0 Å². The van der Waals surface area contributed by atoms with Gasteiger partial charge in [0.2, 0.25) is 0 Å². The molecular weight excluding hydrogens is 386 g/mol. The lowest BCUT2D eigenvalue weighted by molar-refractivity contribution is 0.0905. The van der Waals surface area contributed by atoms with E-state index in [9.17, 15) is 33.7 Å². The normalized spacial score (nSPS) is 11.7. The number of phenolic OH excluding ortho intramolecular Hbond substituents is 2. The number of carbonyl (C=O) groups excluding carboxylic acids is 2. The second kappa shape index (κ2) is 10.4. The third-order valence-corrected chi connectivity index (χ3v) is 4.26. The molecule has 2 amide bonds. The Kier molecular flexibility index (Phi) is 7.90. The van der Waals surface area contributed by atoms with Crippen LogP contribution in [0, 0.1) is 11.6 Å². The molecular formula is C20H22F2N2O5. The minimum absolute atomic E-state index is 0.187. The standard InChI is InChI=1S/C20H22F2N2O5/c21-13-6-3-8-15(26)17(13)19(28)23-10-2-1-5-12(11-25)24-20(29)18-14(22)7-4-9-16(18)27/h3-4,6-9,12,25-27H,1-2,5,10-11H2,(H,23,28)(H,24,29). The van der Waals surface area contributed by atoms with Crippen molar-refractivity contribution in [3.05, 3.63) is 59.2 Å². The molecule has 0 saturated heterocycles. The number of hydrogen-bond acceptors (Lipinski definition) is 5. The summed E-state index contributed by atoms with van der Waals surface area (Å²) in [7, 11) is 0. The Morgan fingerprint density at radius 2 is 1.45 bits per heavy atom.